The first-order chi connectivity index (χ1) is 10.6. The molecule has 0 spiro atoms. The van der Waals surface area contributed by atoms with Crippen molar-refractivity contribution >= 4 is 0 Å². The van der Waals surface area contributed by atoms with E-state index in [1.165, 1.54) is 16.8 Å². The highest BCUT2D eigenvalue weighted by molar-refractivity contribution is 5.20. The van der Waals surface area contributed by atoms with Crippen LogP contribution >= 0.6 is 0 Å². The van der Waals surface area contributed by atoms with Crippen LogP contribution in [0, 0.1) is 0 Å². The third kappa shape index (κ3) is 3.10. The third-order valence-corrected chi connectivity index (χ3v) is 3.52. The van der Waals surface area contributed by atoms with Gasteiger partial charge in [-0.3, -0.25) is 14.3 Å². The van der Waals surface area contributed by atoms with E-state index in [9.17, 15) is 14.7 Å². The van der Waals surface area contributed by atoms with Gasteiger partial charge in [0.05, 0.1) is 6.10 Å². The summed E-state index contributed by atoms with van der Waals surface area (Å²) in [5.41, 5.74) is -1.03. The number of rotatable bonds is 4. The van der Waals surface area contributed by atoms with Crippen molar-refractivity contribution < 1.29 is 14.6 Å². The van der Waals surface area contributed by atoms with Crippen LogP contribution in [-0.4, -0.2) is 33.5 Å². The Morgan fingerprint density at radius 2 is 2.05 bits per heavy atom. The zero-order chi connectivity index (χ0) is 15.5. The molecule has 1 aliphatic heterocycles. The van der Waals surface area contributed by atoms with E-state index in [1.54, 1.807) is 0 Å². The van der Waals surface area contributed by atoms with E-state index in [-0.39, 0.29) is 13.0 Å². The van der Waals surface area contributed by atoms with E-state index in [4.69, 9.17) is 9.47 Å². The van der Waals surface area contributed by atoms with Gasteiger partial charge in [-0.2, -0.15) is 0 Å². The second kappa shape index (κ2) is 6.17. The molecule has 2 heterocycles. The number of aromatic amines is 1. The zero-order valence-corrected chi connectivity index (χ0v) is 11.7. The highest BCUT2D eigenvalue weighted by atomic mass is 16.6. The fourth-order valence-corrected chi connectivity index (χ4v) is 2.39. The lowest BCUT2D eigenvalue weighted by molar-refractivity contribution is -0.0409. The summed E-state index contributed by atoms with van der Waals surface area (Å²) in [5, 5.41) is 10.1. The molecule has 1 saturated heterocycles. The van der Waals surface area contributed by atoms with Gasteiger partial charge in [0.1, 0.15) is 24.7 Å². The number of nitrogens with zero attached hydrogens (tertiary/aromatic N) is 1. The number of H-pyrrole nitrogens is 1. The van der Waals surface area contributed by atoms with Crippen molar-refractivity contribution in [3.05, 3.63) is 63.4 Å². The Morgan fingerprint density at radius 3 is 2.77 bits per heavy atom. The van der Waals surface area contributed by atoms with E-state index in [2.05, 4.69) is 4.98 Å². The molecule has 1 aromatic heterocycles. The number of benzene rings is 1. The highest BCUT2D eigenvalue weighted by Gasteiger charge is 2.35. The smallest absolute Gasteiger partial charge is 0.330 e. The van der Waals surface area contributed by atoms with Crippen molar-refractivity contribution in [3.8, 4) is 5.75 Å². The summed E-state index contributed by atoms with van der Waals surface area (Å²) < 4.78 is 12.5. The van der Waals surface area contributed by atoms with E-state index >= 15 is 0 Å². The predicted molar refractivity (Wildman–Crippen MR) is 77.8 cm³/mol. The van der Waals surface area contributed by atoms with Gasteiger partial charge < -0.3 is 14.6 Å². The van der Waals surface area contributed by atoms with Gasteiger partial charge >= 0.3 is 5.69 Å². The fourth-order valence-electron chi connectivity index (χ4n) is 2.39. The Hall–Kier alpha value is -2.38. The second-order valence-electron chi connectivity index (χ2n) is 5.07. The molecule has 0 radical (unpaired) electrons. The third-order valence-electron chi connectivity index (χ3n) is 3.52. The Morgan fingerprint density at radius 1 is 1.27 bits per heavy atom. The largest absolute Gasteiger partial charge is 0.491 e. The first-order valence-corrected chi connectivity index (χ1v) is 6.96. The molecular formula is C15H16N2O5. The second-order valence-corrected chi connectivity index (χ2v) is 5.07. The number of hydrogen-bond donors (Lipinski definition) is 2. The maximum Gasteiger partial charge on any atom is 0.330 e. The van der Waals surface area contributed by atoms with Crippen LogP contribution in [0.1, 0.15) is 12.6 Å². The quantitative estimate of drug-likeness (QED) is 0.845. The van der Waals surface area contributed by atoms with Gasteiger partial charge in [-0.1, -0.05) is 18.2 Å². The van der Waals surface area contributed by atoms with E-state index in [0.29, 0.717) is 5.75 Å². The lowest BCUT2D eigenvalue weighted by atomic mass is 10.2. The Labute approximate surface area is 125 Å². The molecule has 0 unspecified atom stereocenters. The summed E-state index contributed by atoms with van der Waals surface area (Å²) in [6, 6.07) is 10.4. The van der Waals surface area contributed by atoms with Crippen LogP contribution in [0.15, 0.2) is 52.2 Å². The van der Waals surface area contributed by atoms with Crippen molar-refractivity contribution in [1.82, 2.24) is 9.55 Å². The molecule has 3 rings (SSSR count). The Balaban J connectivity index is 1.66. The van der Waals surface area contributed by atoms with Crippen LogP contribution in [0.3, 0.4) is 0 Å². The molecule has 22 heavy (non-hydrogen) atoms. The number of ether oxygens (including phenoxy) is 2. The number of aromatic nitrogens is 2. The summed E-state index contributed by atoms with van der Waals surface area (Å²) >= 11 is 0. The van der Waals surface area contributed by atoms with E-state index < -0.39 is 29.7 Å². The summed E-state index contributed by atoms with van der Waals surface area (Å²) in [7, 11) is 0. The molecule has 7 nitrogen and oxygen atoms in total. The van der Waals surface area contributed by atoms with Gasteiger partial charge in [0.2, 0.25) is 0 Å². The minimum Gasteiger partial charge on any atom is -0.491 e. The normalized spacial score (nSPS) is 24.3. The summed E-state index contributed by atoms with van der Waals surface area (Å²) in [5.74, 6) is 0.683. The molecule has 0 amide bonds. The summed E-state index contributed by atoms with van der Waals surface area (Å²) in [6.07, 6.45) is -0.284. The number of hydrogen-bond acceptors (Lipinski definition) is 5. The minimum atomic E-state index is -0.743. The lowest BCUT2D eigenvalue weighted by Crippen LogP contribution is -2.32. The monoisotopic (exact) mass is 304 g/mol. The van der Waals surface area contributed by atoms with Crippen LogP contribution < -0.4 is 16.0 Å². The lowest BCUT2D eigenvalue weighted by Gasteiger charge is -2.16. The van der Waals surface area contributed by atoms with E-state index in [1.807, 2.05) is 30.3 Å². The topological polar surface area (TPSA) is 93.6 Å². The molecule has 2 aromatic rings. The Kier molecular flexibility index (Phi) is 4.08. The van der Waals surface area contributed by atoms with Crippen molar-refractivity contribution in [2.75, 3.05) is 6.61 Å². The molecule has 0 saturated carbocycles. The molecule has 1 aromatic carbocycles. The fraction of sp³-hybridized carbons (Fsp3) is 0.333. The van der Waals surface area contributed by atoms with Gasteiger partial charge in [-0.15, -0.1) is 0 Å². The molecule has 0 aliphatic carbocycles. The highest BCUT2D eigenvalue weighted by Crippen LogP contribution is 2.27. The Bertz CT molecular complexity index is 739. The van der Waals surface area contributed by atoms with Crippen molar-refractivity contribution in [1.29, 1.82) is 0 Å². The van der Waals surface area contributed by atoms with E-state index in [0.717, 1.165) is 0 Å². The standard InChI is InChI=1S/C15H16N2O5/c18-11-8-14(17-7-6-13(19)16-15(17)20)22-12(11)9-21-10-4-2-1-3-5-10/h1-7,11-12,14,18H,8-9H2,(H,16,19,20)/t11-,12+,14+/m0/s1. The SMILES string of the molecule is O=c1ccn([C@H]2C[C@H](O)[C@@H](COc3ccccc3)O2)c(=O)[nH]1. The van der Waals surface area contributed by atoms with Crippen molar-refractivity contribution in [2.24, 2.45) is 0 Å². The molecule has 1 aliphatic rings. The van der Waals surface area contributed by atoms with Gasteiger partial charge in [0, 0.05) is 18.7 Å². The van der Waals surface area contributed by atoms with Gasteiger partial charge in [-0.05, 0) is 12.1 Å². The number of aliphatic hydroxyl groups excluding tert-OH is 1. The molecule has 2 N–H and O–H groups in total. The number of nitrogens with one attached hydrogen (secondary N) is 1. The number of aliphatic hydroxyl groups is 1. The first-order valence-electron chi connectivity index (χ1n) is 6.96. The summed E-state index contributed by atoms with van der Waals surface area (Å²) in [4.78, 5) is 25.0. The van der Waals surface area contributed by atoms with Crippen LogP contribution in [-0.2, 0) is 4.74 Å². The molecule has 7 heteroatoms. The maximum atomic E-state index is 11.7. The molecule has 3 atom stereocenters. The summed E-state index contributed by atoms with van der Waals surface area (Å²) in [6.45, 7) is 0.180. The van der Waals surface area contributed by atoms with Gasteiger partial charge in [0.15, 0.2) is 0 Å². The maximum absolute atomic E-state index is 11.7. The van der Waals surface area contributed by atoms with Crippen LogP contribution in [0.2, 0.25) is 0 Å². The van der Waals surface area contributed by atoms with Crippen molar-refractivity contribution in [2.45, 2.75) is 24.9 Å². The first kappa shape index (κ1) is 14.6. The average molecular weight is 304 g/mol. The molecule has 116 valence electrons. The predicted octanol–water partition coefficient (Wildman–Crippen LogP) is 0.264. The van der Waals surface area contributed by atoms with Gasteiger partial charge in [-0.25, -0.2) is 4.79 Å². The average Bonchev–Trinajstić information content (AvgIpc) is 2.87. The zero-order valence-electron chi connectivity index (χ0n) is 11.7. The molecule has 1 fully saturated rings. The number of para-hydroxylation sites is 1. The van der Waals surface area contributed by atoms with Crippen LogP contribution in [0.5, 0.6) is 5.75 Å². The van der Waals surface area contributed by atoms with Crippen LogP contribution in [0.25, 0.3) is 0 Å². The minimum absolute atomic E-state index is 0.180. The van der Waals surface area contributed by atoms with Gasteiger partial charge in [0.25, 0.3) is 5.56 Å². The molecule has 0 bridgehead atoms. The van der Waals surface area contributed by atoms with Crippen LogP contribution in [0.4, 0.5) is 0 Å². The van der Waals surface area contributed by atoms with Crippen molar-refractivity contribution in [3.63, 3.8) is 0 Å². The molecular weight excluding hydrogens is 288 g/mol.